The molecule has 0 amide bonds. The van der Waals surface area contributed by atoms with Crippen LogP contribution in [0.25, 0.3) is 0 Å². The monoisotopic (exact) mass is 468 g/mol. The van der Waals surface area contributed by atoms with E-state index in [4.69, 9.17) is 4.74 Å². The number of nitrogens with zero attached hydrogens (tertiary/aromatic N) is 2. The van der Waals surface area contributed by atoms with E-state index in [0.29, 0.717) is 30.5 Å². The topological polar surface area (TPSA) is 96.4 Å². The number of nitrogens with one attached hydrogen (secondary N) is 2. The number of hydrogen-bond donors (Lipinski definition) is 3. The van der Waals surface area contributed by atoms with Crippen molar-refractivity contribution in [1.82, 2.24) is 9.97 Å². The summed E-state index contributed by atoms with van der Waals surface area (Å²) in [7, 11) is 0. The van der Waals surface area contributed by atoms with Gasteiger partial charge in [-0.05, 0) is 61.6 Å². The Morgan fingerprint density at radius 3 is 2.41 bits per heavy atom. The summed E-state index contributed by atoms with van der Waals surface area (Å²) in [5, 5.41) is 16.7. The summed E-state index contributed by atoms with van der Waals surface area (Å²) >= 11 is 0. The summed E-state index contributed by atoms with van der Waals surface area (Å²) in [4.78, 5) is 20.0. The van der Waals surface area contributed by atoms with E-state index in [0.717, 1.165) is 29.0 Å². The van der Waals surface area contributed by atoms with Crippen LogP contribution >= 0.6 is 0 Å². The van der Waals surface area contributed by atoms with Gasteiger partial charge in [0.2, 0.25) is 0 Å². The second kappa shape index (κ2) is 12.6. The van der Waals surface area contributed by atoms with Crippen LogP contribution in [0.4, 0.5) is 17.1 Å². The van der Waals surface area contributed by atoms with Crippen LogP contribution in [0.5, 0.6) is 6.01 Å². The van der Waals surface area contributed by atoms with E-state index in [2.05, 4.69) is 52.6 Å². The fourth-order valence-electron chi connectivity index (χ4n) is 5.00. The van der Waals surface area contributed by atoms with Gasteiger partial charge in [0.05, 0.1) is 42.5 Å². The number of aromatic nitrogens is 2. The van der Waals surface area contributed by atoms with Crippen molar-refractivity contribution < 1.29 is 14.6 Å². The number of hydrogen-bond acceptors (Lipinski definition) is 6. The lowest BCUT2D eigenvalue weighted by Crippen LogP contribution is -2.35. The van der Waals surface area contributed by atoms with E-state index in [9.17, 15) is 9.90 Å². The van der Waals surface area contributed by atoms with Gasteiger partial charge in [-0.15, -0.1) is 0 Å². The number of benzene rings is 1. The van der Waals surface area contributed by atoms with Crippen LogP contribution < -0.4 is 15.4 Å². The minimum atomic E-state index is -0.777. The first-order chi connectivity index (χ1) is 16.4. The van der Waals surface area contributed by atoms with Gasteiger partial charge in [0.15, 0.2) is 0 Å². The standard InChI is InChI=1S/C27H40N4O3/c1-5-19(15-25(32)33)21-12-13-23(31-26(18(3)4)20-10-8-7-9-11-20)24(14-21)30-22-16-28-27(29-17-22)34-6-2/h12-14,16-20,26,30-31H,5-11,15H2,1-4H3,(H,32,33). The van der Waals surface area contributed by atoms with Crippen molar-refractivity contribution in [3.05, 3.63) is 36.2 Å². The number of rotatable bonds is 12. The molecule has 0 radical (unpaired) electrons. The van der Waals surface area contributed by atoms with Crippen LogP contribution in [-0.4, -0.2) is 33.7 Å². The first-order valence-corrected chi connectivity index (χ1v) is 12.7. The molecule has 3 N–H and O–H groups in total. The maximum atomic E-state index is 11.4. The van der Waals surface area contributed by atoms with Crippen molar-refractivity contribution in [3.8, 4) is 6.01 Å². The maximum absolute atomic E-state index is 11.4. The zero-order valence-corrected chi connectivity index (χ0v) is 21.0. The van der Waals surface area contributed by atoms with E-state index >= 15 is 0 Å². The Kier molecular flexibility index (Phi) is 9.54. The molecule has 34 heavy (non-hydrogen) atoms. The lowest BCUT2D eigenvalue weighted by molar-refractivity contribution is -0.137. The van der Waals surface area contributed by atoms with Crippen LogP contribution in [-0.2, 0) is 4.79 Å². The molecule has 1 fully saturated rings. The van der Waals surface area contributed by atoms with Crippen molar-refractivity contribution in [3.63, 3.8) is 0 Å². The zero-order chi connectivity index (χ0) is 24.5. The SMILES string of the molecule is CCOc1ncc(Nc2cc(C(CC)CC(=O)O)ccc2NC(C(C)C)C2CCCCC2)cn1. The van der Waals surface area contributed by atoms with E-state index in [1.807, 2.05) is 13.8 Å². The number of carbonyl (C=O) groups is 1. The highest BCUT2D eigenvalue weighted by Crippen LogP contribution is 2.36. The summed E-state index contributed by atoms with van der Waals surface area (Å²) in [6.45, 7) is 9.02. The average Bonchev–Trinajstić information content (AvgIpc) is 2.83. The molecule has 7 nitrogen and oxygen atoms in total. The van der Waals surface area contributed by atoms with E-state index < -0.39 is 5.97 Å². The molecule has 1 heterocycles. The Morgan fingerprint density at radius 2 is 1.82 bits per heavy atom. The predicted octanol–water partition coefficient (Wildman–Crippen LogP) is 6.60. The summed E-state index contributed by atoms with van der Waals surface area (Å²) in [6.07, 6.45) is 10.8. The highest BCUT2D eigenvalue weighted by Gasteiger charge is 2.27. The highest BCUT2D eigenvalue weighted by atomic mass is 16.5. The van der Waals surface area contributed by atoms with E-state index in [1.54, 1.807) is 12.4 Å². The Hall–Kier alpha value is -2.83. The third-order valence-electron chi connectivity index (χ3n) is 6.81. The van der Waals surface area contributed by atoms with Gasteiger partial charge in [-0.25, -0.2) is 9.97 Å². The molecule has 1 saturated carbocycles. The fraction of sp³-hybridized carbons (Fsp3) is 0.593. The number of carboxylic acid groups (broad SMARTS) is 1. The van der Waals surface area contributed by atoms with Gasteiger partial charge in [-0.3, -0.25) is 4.79 Å². The van der Waals surface area contributed by atoms with Crippen LogP contribution in [0.2, 0.25) is 0 Å². The third-order valence-corrected chi connectivity index (χ3v) is 6.81. The largest absolute Gasteiger partial charge is 0.481 e. The normalized spacial score (nSPS) is 16.1. The number of carboxylic acids is 1. The first-order valence-electron chi connectivity index (χ1n) is 12.7. The molecular formula is C27H40N4O3. The first kappa shape index (κ1) is 25.8. The summed E-state index contributed by atoms with van der Waals surface area (Å²) in [6, 6.07) is 6.97. The van der Waals surface area contributed by atoms with E-state index in [1.165, 1.54) is 32.1 Å². The molecule has 2 atom stereocenters. The van der Waals surface area contributed by atoms with Gasteiger partial charge in [0, 0.05) is 6.04 Å². The van der Waals surface area contributed by atoms with Gasteiger partial charge < -0.3 is 20.5 Å². The molecular weight excluding hydrogens is 428 g/mol. The average molecular weight is 469 g/mol. The molecule has 1 aromatic carbocycles. The molecule has 0 saturated heterocycles. The predicted molar refractivity (Wildman–Crippen MR) is 137 cm³/mol. The molecule has 3 rings (SSSR count). The molecule has 0 bridgehead atoms. The summed E-state index contributed by atoms with van der Waals surface area (Å²) in [5.41, 5.74) is 3.71. The third kappa shape index (κ3) is 7.08. The minimum Gasteiger partial charge on any atom is -0.481 e. The van der Waals surface area contributed by atoms with Crippen molar-refractivity contribution in [2.24, 2.45) is 11.8 Å². The smallest absolute Gasteiger partial charge is 0.316 e. The van der Waals surface area contributed by atoms with Gasteiger partial charge in [0.25, 0.3) is 0 Å². The van der Waals surface area contributed by atoms with Crippen LogP contribution in [0.3, 0.4) is 0 Å². The quantitative estimate of drug-likeness (QED) is 0.323. The van der Waals surface area contributed by atoms with Crippen molar-refractivity contribution in [2.45, 2.75) is 84.6 Å². The second-order valence-corrected chi connectivity index (χ2v) is 9.63. The van der Waals surface area contributed by atoms with Gasteiger partial charge in [0.1, 0.15) is 0 Å². The summed E-state index contributed by atoms with van der Waals surface area (Å²) in [5.74, 6) is 0.342. The molecule has 2 unspecified atom stereocenters. The highest BCUT2D eigenvalue weighted by molar-refractivity contribution is 5.76. The molecule has 7 heteroatoms. The Morgan fingerprint density at radius 1 is 1.12 bits per heavy atom. The van der Waals surface area contributed by atoms with Crippen LogP contribution in [0.1, 0.15) is 84.1 Å². The fourth-order valence-corrected chi connectivity index (χ4v) is 5.00. The number of aliphatic carboxylic acids is 1. The van der Waals surface area contributed by atoms with Gasteiger partial charge >= 0.3 is 12.0 Å². The van der Waals surface area contributed by atoms with Crippen LogP contribution in [0, 0.1) is 11.8 Å². The Labute approximate surface area is 203 Å². The van der Waals surface area contributed by atoms with Crippen molar-refractivity contribution >= 4 is 23.0 Å². The van der Waals surface area contributed by atoms with Crippen LogP contribution in [0.15, 0.2) is 30.6 Å². The lowest BCUT2D eigenvalue weighted by Gasteiger charge is -2.35. The Balaban J connectivity index is 1.92. The Bertz CT molecular complexity index is 911. The molecule has 1 aliphatic carbocycles. The van der Waals surface area contributed by atoms with E-state index in [-0.39, 0.29) is 12.3 Å². The maximum Gasteiger partial charge on any atom is 0.316 e. The zero-order valence-electron chi connectivity index (χ0n) is 21.0. The molecule has 2 aromatic rings. The number of anilines is 3. The molecule has 1 aromatic heterocycles. The number of ether oxygens (including phenoxy) is 1. The van der Waals surface area contributed by atoms with Gasteiger partial charge in [-0.1, -0.05) is 46.1 Å². The minimum absolute atomic E-state index is 0.0390. The molecule has 186 valence electrons. The second-order valence-electron chi connectivity index (χ2n) is 9.63. The molecule has 0 spiro atoms. The lowest BCUT2D eigenvalue weighted by atomic mass is 9.79. The van der Waals surface area contributed by atoms with Crippen molar-refractivity contribution in [1.29, 1.82) is 0 Å². The molecule has 0 aliphatic heterocycles. The molecule has 1 aliphatic rings. The van der Waals surface area contributed by atoms with Crippen molar-refractivity contribution in [2.75, 3.05) is 17.2 Å². The summed E-state index contributed by atoms with van der Waals surface area (Å²) < 4.78 is 5.37. The van der Waals surface area contributed by atoms with Gasteiger partial charge in [-0.2, -0.15) is 0 Å².